The monoisotopic (exact) mass is 450 g/mol. The number of aryl methyl sites for hydroxylation is 1. The van der Waals surface area contributed by atoms with Gasteiger partial charge in [-0.2, -0.15) is 5.10 Å². The van der Waals surface area contributed by atoms with E-state index in [0.29, 0.717) is 61.2 Å². The van der Waals surface area contributed by atoms with Crippen molar-refractivity contribution in [1.29, 1.82) is 0 Å². The van der Waals surface area contributed by atoms with Gasteiger partial charge in [0.2, 0.25) is 5.91 Å². The van der Waals surface area contributed by atoms with Crippen LogP contribution in [0.25, 0.3) is 10.8 Å². The summed E-state index contributed by atoms with van der Waals surface area (Å²) in [6, 6.07) is 10.8. The molecule has 3 aromatic rings. The van der Waals surface area contributed by atoms with Crippen LogP contribution in [0.15, 0.2) is 51.9 Å². The largest absolute Gasteiger partial charge is 0.467 e. The van der Waals surface area contributed by atoms with Gasteiger partial charge in [-0.3, -0.25) is 14.4 Å². The highest BCUT2D eigenvalue weighted by molar-refractivity contribution is 6.04. The molecule has 0 aliphatic carbocycles. The number of aromatic nitrogens is 2. The fourth-order valence-electron chi connectivity index (χ4n) is 4.28. The zero-order valence-corrected chi connectivity index (χ0v) is 19.0. The van der Waals surface area contributed by atoms with Crippen LogP contribution in [0.2, 0.25) is 0 Å². The van der Waals surface area contributed by atoms with E-state index in [1.807, 2.05) is 12.1 Å². The molecule has 0 radical (unpaired) electrons. The van der Waals surface area contributed by atoms with Gasteiger partial charge in [0.25, 0.3) is 11.5 Å². The second-order valence-electron chi connectivity index (χ2n) is 8.49. The summed E-state index contributed by atoms with van der Waals surface area (Å²) >= 11 is 0. The molecule has 174 valence electrons. The van der Waals surface area contributed by atoms with Crippen molar-refractivity contribution in [3.63, 3.8) is 0 Å². The number of nitrogens with zero attached hydrogens (tertiary/aromatic N) is 3. The standard InChI is InChI=1S/C25H30N4O4/c1-2-3-6-13-29-24(31)21-10-5-4-9-20(21)22(27-29)25(32)28-14-11-18(12-15-28)23(30)26-17-19-8-7-16-33-19/h4-5,7-10,16,18H,2-3,6,11-15,17H2,1H3,(H,26,30). The number of nitrogens with one attached hydrogen (secondary N) is 1. The molecule has 1 aliphatic heterocycles. The number of rotatable bonds is 8. The van der Waals surface area contributed by atoms with Crippen LogP contribution in [0.3, 0.4) is 0 Å². The third kappa shape index (κ3) is 5.16. The van der Waals surface area contributed by atoms with E-state index in [-0.39, 0.29) is 23.3 Å². The molecule has 8 nitrogen and oxygen atoms in total. The molecule has 0 atom stereocenters. The van der Waals surface area contributed by atoms with Crippen LogP contribution < -0.4 is 10.9 Å². The van der Waals surface area contributed by atoms with Gasteiger partial charge in [-0.25, -0.2) is 4.68 Å². The normalized spacial score (nSPS) is 14.5. The van der Waals surface area contributed by atoms with Gasteiger partial charge >= 0.3 is 0 Å². The van der Waals surface area contributed by atoms with E-state index < -0.39 is 0 Å². The second kappa shape index (κ2) is 10.5. The summed E-state index contributed by atoms with van der Waals surface area (Å²) < 4.78 is 6.68. The Labute approximate surface area is 192 Å². The Balaban J connectivity index is 1.45. The van der Waals surface area contributed by atoms with E-state index in [1.165, 1.54) is 4.68 Å². The fraction of sp³-hybridized carbons (Fsp3) is 0.440. The Kier molecular flexibility index (Phi) is 7.22. The minimum absolute atomic E-state index is 0.0217. The first-order valence-corrected chi connectivity index (χ1v) is 11.7. The van der Waals surface area contributed by atoms with Gasteiger partial charge in [0, 0.05) is 30.9 Å². The van der Waals surface area contributed by atoms with E-state index in [2.05, 4.69) is 17.3 Å². The maximum absolute atomic E-state index is 13.4. The van der Waals surface area contributed by atoms with Crippen molar-refractivity contribution in [1.82, 2.24) is 20.0 Å². The molecule has 3 heterocycles. The molecule has 33 heavy (non-hydrogen) atoms. The summed E-state index contributed by atoms with van der Waals surface area (Å²) in [6.07, 6.45) is 5.63. The molecule has 1 saturated heterocycles. The second-order valence-corrected chi connectivity index (χ2v) is 8.49. The lowest BCUT2D eigenvalue weighted by atomic mass is 9.95. The summed E-state index contributed by atoms with van der Waals surface area (Å²) in [5.74, 6) is 0.358. The Morgan fingerprint density at radius 1 is 1.09 bits per heavy atom. The van der Waals surface area contributed by atoms with Crippen LogP contribution in [0, 0.1) is 5.92 Å². The van der Waals surface area contributed by atoms with Crippen LogP contribution in [-0.4, -0.2) is 39.6 Å². The number of fused-ring (bicyclic) bond motifs is 1. The maximum Gasteiger partial charge on any atom is 0.274 e. The number of unbranched alkanes of at least 4 members (excludes halogenated alkanes) is 2. The smallest absolute Gasteiger partial charge is 0.274 e. The Morgan fingerprint density at radius 3 is 2.55 bits per heavy atom. The van der Waals surface area contributed by atoms with E-state index in [4.69, 9.17) is 4.42 Å². The van der Waals surface area contributed by atoms with Crippen molar-refractivity contribution >= 4 is 22.6 Å². The summed E-state index contributed by atoms with van der Waals surface area (Å²) in [5.41, 5.74) is 0.146. The van der Waals surface area contributed by atoms with E-state index in [9.17, 15) is 14.4 Å². The zero-order chi connectivity index (χ0) is 23.2. The SMILES string of the molecule is CCCCCn1nc(C(=O)N2CCC(C(=O)NCc3ccco3)CC2)c2ccccc2c1=O. The number of likely N-dealkylation sites (tertiary alicyclic amines) is 1. The lowest BCUT2D eigenvalue weighted by Gasteiger charge is -2.31. The quantitative estimate of drug-likeness (QED) is 0.531. The maximum atomic E-state index is 13.4. The Bertz CT molecular complexity index is 1160. The molecule has 2 aromatic heterocycles. The van der Waals surface area contributed by atoms with Gasteiger partial charge in [-0.05, 0) is 37.5 Å². The Hall–Kier alpha value is -3.42. The molecule has 1 fully saturated rings. The minimum atomic E-state index is -0.190. The number of furan rings is 1. The first-order chi connectivity index (χ1) is 16.1. The van der Waals surface area contributed by atoms with Gasteiger partial charge < -0.3 is 14.6 Å². The third-order valence-electron chi connectivity index (χ3n) is 6.21. The molecule has 0 spiro atoms. The van der Waals surface area contributed by atoms with Crippen LogP contribution >= 0.6 is 0 Å². The first kappa shape index (κ1) is 22.8. The topological polar surface area (TPSA) is 97.4 Å². The lowest BCUT2D eigenvalue weighted by molar-refractivity contribution is -0.126. The van der Waals surface area contributed by atoms with Crippen molar-refractivity contribution in [3.8, 4) is 0 Å². The number of benzene rings is 1. The van der Waals surface area contributed by atoms with Gasteiger partial charge in [-0.1, -0.05) is 38.0 Å². The van der Waals surface area contributed by atoms with Crippen LogP contribution in [0.1, 0.15) is 55.3 Å². The summed E-state index contributed by atoms with van der Waals surface area (Å²) in [6.45, 7) is 3.91. The first-order valence-electron chi connectivity index (χ1n) is 11.7. The van der Waals surface area contributed by atoms with Crippen LogP contribution in [0.5, 0.6) is 0 Å². The van der Waals surface area contributed by atoms with Gasteiger partial charge in [0.15, 0.2) is 5.69 Å². The summed E-state index contributed by atoms with van der Waals surface area (Å²) in [7, 11) is 0. The van der Waals surface area contributed by atoms with Gasteiger partial charge in [0.1, 0.15) is 5.76 Å². The molecule has 4 rings (SSSR count). The molecule has 1 aromatic carbocycles. The van der Waals surface area contributed by atoms with Gasteiger partial charge in [0.05, 0.1) is 18.2 Å². The molecule has 1 aliphatic rings. The predicted molar refractivity (Wildman–Crippen MR) is 125 cm³/mol. The van der Waals surface area contributed by atoms with E-state index >= 15 is 0 Å². The molecule has 0 unspecified atom stereocenters. The number of piperidine rings is 1. The third-order valence-corrected chi connectivity index (χ3v) is 6.21. The average Bonchev–Trinajstić information content (AvgIpc) is 3.38. The van der Waals surface area contributed by atoms with Crippen LogP contribution in [0.4, 0.5) is 0 Å². The molecule has 0 bridgehead atoms. The van der Waals surface area contributed by atoms with Crippen molar-refractivity contribution in [2.75, 3.05) is 13.1 Å². The molecular formula is C25H30N4O4. The molecular weight excluding hydrogens is 420 g/mol. The number of carbonyl (C=O) groups is 2. The predicted octanol–water partition coefficient (Wildman–Crippen LogP) is 3.35. The van der Waals surface area contributed by atoms with E-state index in [0.717, 1.165) is 19.3 Å². The number of carbonyl (C=O) groups excluding carboxylic acids is 2. The molecule has 1 N–H and O–H groups in total. The van der Waals surface area contributed by atoms with Crippen molar-refractivity contribution < 1.29 is 14.0 Å². The highest BCUT2D eigenvalue weighted by Crippen LogP contribution is 2.22. The van der Waals surface area contributed by atoms with Gasteiger partial charge in [-0.15, -0.1) is 0 Å². The minimum Gasteiger partial charge on any atom is -0.467 e. The lowest BCUT2D eigenvalue weighted by Crippen LogP contribution is -2.43. The highest BCUT2D eigenvalue weighted by Gasteiger charge is 2.29. The summed E-state index contributed by atoms with van der Waals surface area (Å²) in [5, 5.41) is 8.48. The average molecular weight is 451 g/mol. The zero-order valence-electron chi connectivity index (χ0n) is 19.0. The Morgan fingerprint density at radius 2 is 1.85 bits per heavy atom. The number of amides is 2. The number of hydrogen-bond acceptors (Lipinski definition) is 5. The fourth-order valence-corrected chi connectivity index (χ4v) is 4.28. The molecule has 2 amide bonds. The van der Waals surface area contributed by atoms with Crippen molar-refractivity contribution in [2.45, 2.75) is 52.1 Å². The van der Waals surface area contributed by atoms with E-state index in [1.54, 1.807) is 35.4 Å². The van der Waals surface area contributed by atoms with Crippen molar-refractivity contribution in [3.05, 3.63) is 64.5 Å². The highest BCUT2D eigenvalue weighted by atomic mass is 16.3. The molecule has 8 heteroatoms. The van der Waals surface area contributed by atoms with Crippen molar-refractivity contribution in [2.24, 2.45) is 5.92 Å². The number of hydrogen-bond donors (Lipinski definition) is 1. The summed E-state index contributed by atoms with van der Waals surface area (Å²) in [4.78, 5) is 40.5. The molecule has 0 saturated carbocycles. The van der Waals surface area contributed by atoms with Crippen LogP contribution in [-0.2, 0) is 17.9 Å².